The number of hydrogen-bond acceptors (Lipinski definition) is 5. The number of carbonyl (C=O) groups is 2. The Hall–Kier alpha value is -2.39. The number of anilines is 1. The second kappa shape index (κ2) is 8.27. The van der Waals surface area contributed by atoms with E-state index < -0.39 is 11.8 Å². The van der Waals surface area contributed by atoms with E-state index in [2.05, 4.69) is 16.8 Å². The minimum atomic E-state index is -2.77. The summed E-state index contributed by atoms with van der Waals surface area (Å²) in [6, 6.07) is 2.95. The summed E-state index contributed by atoms with van der Waals surface area (Å²) < 4.78 is 26.8. The standard InChI is InChI=1S/C21H25ClF2N4O3/c1-2-19(30)28-11-13(12-28)26-3-5-27(6-4-26)20(31)10-25-17-7-14(15-9-21(15,23)24)16(22)8-18(17)29/h2,7-8,13,15,25,29H,1,3-6,9-12H2. The fraction of sp³-hybridized carbons (Fsp3) is 0.524. The van der Waals surface area contributed by atoms with E-state index >= 15 is 0 Å². The maximum Gasteiger partial charge on any atom is 0.255 e. The van der Waals surface area contributed by atoms with Crippen LogP contribution >= 0.6 is 11.6 Å². The molecule has 0 bridgehead atoms. The molecule has 2 N–H and O–H groups in total. The van der Waals surface area contributed by atoms with Gasteiger partial charge in [-0.25, -0.2) is 8.78 Å². The zero-order valence-electron chi connectivity index (χ0n) is 17.0. The first-order valence-electron chi connectivity index (χ1n) is 10.3. The summed E-state index contributed by atoms with van der Waals surface area (Å²) in [5, 5.41) is 13.0. The molecule has 168 valence electrons. The zero-order valence-corrected chi connectivity index (χ0v) is 17.7. The first-order chi connectivity index (χ1) is 14.7. The summed E-state index contributed by atoms with van der Waals surface area (Å²) in [4.78, 5) is 29.9. The highest BCUT2D eigenvalue weighted by Gasteiger charge is 2.58. The molecule has 0 aromatic heterocycles. The maximum absolute atomic E-state index is 13.4. The van der Waals surface area contributed by atoms with Crippen molar-refractivity contribution in [2.75, 3.05) is 51.1 Å². The van der Waals surface area contributed by atoms with Crippen molar-refractivity contribution in [2.24, 2.45) is 0 Å². The van der Waals surface area contributed by atoms with Gasteiger partial charge in [0.05, 0.1) is 18.2 Å². The SMILES string of the molecule is C=CC(=O)N1CC(N2CCN(C(=O)CNc3cc(C4CC4(F)F)c(Cl)cc3O)CC2)C1. The first kappa shape index (κ1) is 21.8. The van der Waals surface area contributed by atoms with Gasteiger partial charge in [0.2, 0.25) is 11.8 Å². The highest BCUT2D eigenvalue weighted by Crippen LogP contribution is 2.58. The Kier molecular flexibility index (Phi) is 5.83. The molecule has 3 fully saturated rings. The van der Waals surface area contributed by atoms with Crippen molar-refractivity contribution in [3.63, 3.8) is 0 Å². The molecule has 2 amide bonds. The molecule has 4 rings (SSSR count). The van der Waals surface area contributed by atoms with E-state index in [9.17, 15) is 23.5 Å². The van der Waals surface area contributed by atoms with E-state index in [1.54, 1.807) is 9.80 Å². The van der Waals surface area contributed by atoms with Crippen LogP contribution in [0.5, 0.6) is 5.75 Å². The van der Waals surface area contributed by atoms with Gasteiger partial charge in [-0.1, -0.05) is 18.2 Å². The van der Waals surface area contributed by atoms with Crippen LogP contribution in [0.3, 0.4) is 0 Å². The predicted molar refractivity (Wildman–Crippen MR) is 113 cm³/mol. The third-order valence-corrected chi connectivity index (χ3v) is 6.61. The van der Waals surface area contributed by atoms with E-state index in [-0.39, 0.29) is 46.8 Å². The predicted octanol–water partition coefficient (Wildman–Crippen LogP) is 2.12. The van der Waals surface area contributed by atoms with Crippen molar-refractivity contribution in [2.45, 2.75) is 24.3 Å². The number of amides is 2. The summed E-state index contributed by atoms with van der Waals surface area (Å²) >= 11 is 6.01. The molecule has 1 aliphatic carbocycles. The molecule has 2 saturated heterocycles. The molecule has 3 aliphatic rings. The molecule has 7 nitrogen and oxygen atoms in total. The Balaban J connectivity index is 1.26. The van der Waals surface area contributed by atoms with Crippen LogP contribution in [0.15, 0.2) is 24.8 Å². The number of aromatic hydroxyl groups is 1. The topological polar surface area (TPSA) is 76.1 Å². The number of piperazine rings is 1. The number of nitrogens with zero attached hydrogens (tertiary/aromatic N) is 3. The Bertz CT molecular complexity index is 899. The second-order valence-corrected chi connectivity index (χ2v) is 8.69. The smallest absolute Gasteiger partial charge is 0.255 e. The normalized spacial score (nSPS) is 23.3. The molecular weight excluding hydrogens is 430 g/mol. The summed E-state index contributed by atoms with van der Waals surface area (Å²) in [6.07, 6.45) is 1.05. The molecule has 10 heteroatoms. The fourth-order valence-corrected chi connectivity index (χ4v) is 4.44. The lowest BCUT2D eigenvalue weighted by Gasteiger charge is -2.47. The molecule has 1 atom stereocenters. The highest BCUT2D eigenvalue weighted by atomic mass is 35.5. The lowest BCUT2D eigenvalue weighted by Crippen LogP contribution is -2.64. The monoisotopic (exact) mass is 454 g/mol. The van der Waals surface area contributed by atoms with E-state index in [4.69, 9.17) is 11.6 Å². The maximum atomic E-state index is 13.4. The highest BCUT2D eigenvalue weighted by molar-refractivity contribution is 6.31. The molecule has 2 heterocycles. The van der Waals surface area contributed by atoms with Crippen LogP contribution in [0, 0.1) is 0 Å². The summed E-state index contributed by atoms with van der Waals surface area (Å²) in [5.41, 5.74) is 0.494. The van der Waals surface area contributed by atoms with Crippen molar-refractivity contribution < 1.29 is 23.5 Å². The zero-order chi connectivity index (χ0) is 22.3. The molecule has 0 spiro atoms. The second-order valence-electron chi connectivity index (χ2n) is 8.28. The van der Waals surface area contributed by atoms with Crippen LogP contribution in [-0.2, 0) is 9.59 Å². The third kappa shape index (κ3) is 4.48. The lowest BCUT2D eigenvalue weighted by atomic mass is 10.1. The Morgan fingerprint density at radius 1 is 1.23 bits per heavy atom. The number of phenolic OH excluding ortho intramolecular Hbond substituents is 1. The van der Waals surface area contributed by atoms with Gasteiger partial charge in [0.15, 0.2) is 0 Å². The van der Waals surface area contributed by atoms with E-state index in [1.165, 1.54) is 18.2 Å². The number of phenols is 1. The molecule has 1 saturated carbocycles. The quantitative estimate of drug-likeness (QED) is 0.508. The van der Waals surface area contributed by atoms with Crippen molar-refractivity contribution in [1.29, 1.82) is 0 Å². The van der Waals surface area contributed by atoms with Gasteiger partial charge < -0.3 is 20.2 Å². The van der Waals surface area contributed by atoms with Crippen LogP contribution in [0.2, 0.25) is 5.02 Å². The average Bonchev–Trinajstić information content (AvgIpc) is 3.34. The molecular formula is C21H25ClF2N4O3. The summed E-state index contributed by atoms with van der Waals surface area (Å²) in [7, 11) is 0. The van der Waals surface area contributed by atoms with Gasteiger partial charge in [-0.05, 0) is 17.7 Å². The molecule has 1 aromatic rings. The van der Waals surface area contributed by atoms with Gasteiger partial charge in [0.1, 0.15) is 5.75 Å². The number of carbonyl (C=O) groups excluding carboxylic acids is 2. The van der Waals surface area contributed by atoms with Gasteiger partial charge in [0.25, 0.3) is 5.92 Å². The third-order valence-electron chi connectivity index (χ3n) is 6.28. The number of hydrogen-bond donors (Lipinski definition) is 2. The minimum Gasteiger partial charge on any atom is -0.506 e. The van der Waals surface area contributed by atoms with Crippen molar-refractivity contribution in [3.8, 4) is 5.75 Å². The van der Waals surface area contributed by atoms with Gasteiger partial charge in [-0.3, -0.25) is 14.5 Å². The number of likely N-dealkylation sites (tertiary alicyclic amines) is 1. The van der Waals surface area contributed by atoms with Gasteiger partial charge in [-0.15, -0.1) is 0 Å². The van der Waals surface area contributed by atoms with Gasteiger partial charge in [-0.2, -0.15) is 0 Å². The van der Waals surface area contributed by atoms with Crippen LogP contribution in [-0.4, -0.2) is 89.4 Å². The number of halogens is 3. The number of nitrogens with one attached hydrogen (secondary N) is 1. The van der Waals surface area contributed by atoms with Crippen molar-refractivity contribution in [1.82, 2.24) is 14.7 Å². The van der Waals surface area contributed by atoms with Crippen LogP contribution in [0.4, 0.5) is 14.5 Å². The van der Waals surface area contributed by atoms with E-state index in [1.807, 2.05) is 0 Å². The molecule has 1 aromatic carbocycles. The van der Waals surface area contributed by atoms with E-state index in [0.717, 1.165) is 13.1 Å². The van der Waals surface area contributed by atoms with Crippen LogP contribution < -0.4 is 5.32 Å². The van der Waals surface area contributed by atoms with Gasteiger partial charge in [0, 0.05) is 62.8 Å². The van der Waals surface area contributed by atoms with Crippen LogP contribution in [0.1, 0.15) is 17.9 Å². The average molecular weight is 455 g/mol. The van der Waals surface area contributed by atoms with Crippen molar-refractivity contribution in [3.05, 3.63) is 35.4 Å². The minimum absolute atomic E-state index is 0.0548. The van der Waals surface area contributed by atoms with Gasteiger partial charge >= 0.3 is 0 Å². The Morgan fingerprint density at radius 2 is 1.87 bits per heavy atom. The molecule has 31 heavy (non-hydrogen) atoms. The number of benzene rings is 1. The number of rotatable bonds is 6. The molecule has 1 unspecified atom stereocenters. The Labute approximate surface area is 184 Å². The Morgan fingerprint density at radius 3 is 2.45 bits per heavy atom. The van der Waals surface area contributed by atoms with Crippen molar-refractivity contribution >= 4 is 29.1 Å². The largest absolute Gasteiger partial charge is 0.506 e. The summed E-state index contributed by atoms with van der Waals surface area (Å²) in [5.74, 6) is -4.10. The lowest BCUT2D eigenvalue weighted by molar-refractivity contribution is -0.135. The summed E-state index contributed by atoms with van der Waals surface area (Å²) in [6.45, 7) is 7.37. The fourth-order valence-electron chi connectivity index (χ4n) is 4.15. The van der Waals surface area contributed by atoms with Crippen LogP contribution in [0.25, 0.3) is 0 Å². The first-order valence-corrected chi connectivity index (χ1v) is 10.6. The molecule has 0 radical (unpaired) electrons. The number of alkyl halides is 2. The van der Waals surface area contributed by atoms with E-state index in [0.29, 0.717) is 32.2 Å². The molecule has 2 aliphatic heterocycles.